The molecule has 0 spiro atoms. The van der Waals surface area contributed by atoms with Crippen molar-refractivity contribution < 1.29 is 9.53 Å². The molecule has 1 aliphatic rings. The van der Waals surface area contributed by atoms with Gasteiger partial charge in [0, 0.05) is 18.7 Å². The SMILES string of the molecule is O=C(c1[c]cccc1)N1CCOCC1. The predicted molar refractivity (Wildman–Crippen MR) is 52.0 cm³/mol. The number of benzene rings is 1. The van der Waals surface area contributed by atoms with Crippen molar-refractivity contribution in [1.82, 2.24) is 4.90 Å². The van der Waals surface area contributed by atoms with E-state index in [9.17, 15) is 4.79 Å². The number of morpholine rings is 1. The zero-order valence-electron chi connectivity index (χ0n) is 7.90. The fraction of sp³-hybridized carbons (Fsp3) is 0.364. The first-order valence-corrected chi connectivity index (χ1v) is 4.71. The number of rotatable bonds is 1. The highest BCUT2D eigenvalue weighted by Gasteiger charge is 2.17. The van der Waals surface area contributed by atoms with Crippen LogP contribution in [0.15, 0.2) is 24.3 Å². The fourth-order valence-corrected chi connectivity index (χ4v) is 1.46. The van der Waals surface area contributed by atoms with Gasteiger partial charge >= 0.3 is 0 Å². The van der Waals surface area contributed by atoms with E-state index in [0.717, 1.165) is 0 Å². The maximum absolute atomic E-state index is 11.8. The second kappa shape index (κ2) is 4.24. The summed E-state index contributed by atoms with van der Waals surface area (Å²) in [6.07, 6.45) is 0. The van der Waals surface area contributed by atoms with E-state index in [1.807, 2.05) is 12.1 Å². The summed E-state index contributed by atoms with van der Waals surface area (Å²) in [6, 6.07) is 10.2. The van der Waals surface area contributed by atoms with Crippen LogP contribution in [0.4, 0.5) is 0 Å². The van der Waals surface area contributed by atoms with Crippen LogP contribution in [0.1, 0.15) is 10.4 Å². The Hall–Kier alpha value is -1.35. The van der Waals surface area contributed by atoms with Crippen LogP contribution in [0.25, 0.3) is 0 Å². The van der Waals surface area contributed by atoms with Gasteiger partial charge in [-0.15, -0.1) is 0 Å². The number of carbonyl (C=O) groups excluding carboxylic acids is 1. The second-order valence-corrected chi connectivity index (χ2v) is 3.18. The summed E-state index contributed by atoms with van der Waals surface area (Å²) in [7, 11) is 0. The molecule has 1 aromatic carbocycles. The average Bonchev–Trinajstić information content (AvgIpc) is 2.30. The van der Waals surface area contributed by atoms with Gasteiger partial charge in [-0.1, -0.05) is 18.2 Å². The largest absolute Gasteiger partial charge is 0.378 e. The molecule has 73 valence electrons. The van der Waals surface area contributed by atoms with Crippen molar-refractivity contribution in [1.29, 1.82) is 0 Å². The van der Waals surface area contributed by atoms with Crippen molar-refractivity contribution in [3.63, 3.8) is 0 Å². The molecule has 0 unspecified atom stereocenters. The highest BCUT2D eigenvalue weighted by atomic mass is 16.5. The molecule has 0 aliphatic carbocycles. The molecule has 14 heavy (non-hydrogen) atoms. The van der Waals surface area contributed by atoms with Gasteiger partial charge in [-0.3, -0.25) is 4.79 Å². The van der Waals surface area contributed by atoms with E-state index in [1.54, 1.807) is 17.0 Å². The topological polar surface area (TPSA) is 29.5 Å². The van der Waals surface area contributed by atoms with Gasteiger partial charge in [-0.05, 0) is 12.1 Å². The van der Waals surface area contributed by atoms with Crippen LogP contribution in [0.5, 0.6) is 0 Å². The summed E-state index contributed by atoms with van der Waals surface area (Å²) < 4.78 is 5.18. The molecule has 0 N–H and O–H groups in total. The highest BCUT2D eigenvalue weighted by molar-refractivity contribution is 5.93. The number of amides is 1. The normalized spacial score (nSPS) is 16.7. The van der Waals surface area contributed by atoms with Crippen LogP contribution in [0.3, 0.4) is 0 Å². The molecule has 0 bridgehead atoms. The van der Waals surface area contributed by atoms with Crippen LogP contribution in [-0.2, 0) is 4.74 Å². The Bertz CT molecular complexity index is 304. The van der Waals surface area contributed by atoms with Crippen molar-refractivity contribution in [2.75, 3.05) is 26.3 Å². The number of hydrogen-bond acceptors (Lipinski definition) is 2. The van der Waals surface area contributed by atoms with E-state index >= 15 is 0 Å². The first-order valence-electron chi connectivity index (χ1n) is 4.71. The van der Waals surface area contributed by atoms with Crippen molar-refractivity contribution in [2.45, 2.75) is 0 Å². The van der Waals surface area contributed by atoms with E-state index in [-0.39, 0.29) is 5.91 Å². The molecule has 1 saturated heterocycles. The number of carbonyl (C=O) groups is 1. The lowest BCUT2D eigenvalue weighted by Crippen LogP contribution is -2.40. The minimum atomic E-state index is 0.0499. The Morgan fingerprint density at radius 3 is 2.79 bits per heavy atom. The lowest BCUT2D eigenvalue weighted by Gasteiger charge is -2.26. The van der Waals surface area contributed by atoms with Gasteiger partial charge in [0.25, 0.3) is 5.91 Å². The molecule has 0 saturated carbocycles. The van der Waals surface area contributed by atoms with E-state index in [2.05, 4.69) is 6.07 Å². The molecular weight excluding hydrogens is 178 g/mol. The molecule has 1 aromatic rings. The molecule has 1 radical (unpaired) electrons. The Labute approximate surface area is 83.3 Å². The Morgan fingerprint density at radius 1 is 1.36 bits per heavy atom. The monoisotopic (exact) mass is 190 g/mol. The molecule has 0 aromatic heterocycles. The van der Waals surface area contributed by atoms with Crippen molar-refractivity contribution in [2.24, 2.45) is 0 Å². The first kappa shape index (κ1) is 9.21. The summed E-state index contributed by atoms with van der Waals surface area (Å²) in [5.41, 5.74) is 0.634. The third kappa shape index (κ3) is 1.93. The lowest BCUT2D eigenvalue weighted by molar-refractivity contribution is 0.0302. The summed E-state index contributed by atoms with van der Waals surface area (Å²) in [5, 5.41) is 0. The molecule has 1 aliphatic heterocycles. The predicted octanol–water partition coefficient (Wildman–Crippen LogP) is 0.959. The van der Waals surface area contributed by atoms with Crippen LogP contribution in [0, 0.1) is 6.07 Å². The first-order chi connectivity index (χ1) is 6.88. The zero-order chi connectivity index (χ0) is 9.80. The van der Waals surface area contributed by atoms with Crippen LogP contribution in [0.2, 0.25) is 0 Å². The zero-order valence-corrected chi connectivity index (χ0v) is 7.90. The molecule has 1 heterocycles. The van der Waals surface area contributed by atoms with Gasteiger partial charge in [0.15, 0.2) is 0 Å². The third-order valence-corrected chi connectivity index (χ3v) is 2.24. The maximum Gasteiger partial charge on any atom is 0.254 e. The molecule has 2 rings (SSSR count). The van der Waals surface area contributed by atoms with Crippen molar-refractivity contribution in [3.05, 3.63) is 35.9 Å². The van der Waals surface area contributed by atoms with Crippen molar-refractivity contribution >= 4 is 5.91 Å². The number of ether oxygens (including phenoxy) is 1. The van der Waals surface area contributed by atoms with Gasteiger partial charge in [-0.2, -0.15) is 0 Å². The number of nitrogens with zero attached hydrogens (tertiary/aromatic N) is 1. The maximum atomic E-state index is 11.8. The van der Waals surface area contributed by atoms with Gasteiger partial charge in [0.05, 0.1) is 13.2 Å². The van der Waals surface area contributed by atoms with Crippen LogP contribution < -0.4 is 0 Å². The van der Waals surface area contributed by atoms with Gasteiger partial charge < -0.3 is 9.64 Å². The summed E-state index contributed by atoms with van der Waals surface area (Å²) in [6.45, 7) is 2.64. The molecule has 1 amide bonds. The minimum absolute atomic E-state index is 0.0499. The highest BCUT2D eigenvalue weighted by Crippen LogP contribution is 2.05. The lowest BCUT2D eigenvalue weighted by atomic mass is 10.2. The van der Waals surface area contributed by atoms with E-state index in [4.69, 9.17) is 4.74 Å². The van der Waals surface area contributed by atoms with E-state index < -0.39 is 0 Å². The Balaban J connectivity index is 2.07. The summed E-state index contributed by atoms with van der Waals surface area (Å²) in [5.74, 6) is 0.0499. The Kier molecular flexibility index (Phi) is 2.79. The third-order valence-electron chi connectivity index (χ3n) is 2.24. The van der Waals surface area contributed by atoms with Gasteiger partial charge in [0.1, 0.15) is 0 Å². The standard InChI is InChI=1S/C11H12NO2/c13-11(10-4-2-1-3-5-10)12-6-8-14-9-7-12/h1-4H,6-9H2. The van der Waals surface area contributed by atoms with E-state index in [0.29, 0.717) is 31.9 Å². The van der Waals surface area contributed by atoms with Gasteiger partial charge in [-0.25, -0.2) is 0 Å². The second-order valence-electron chi connectivity index (χ2n) is 3.18. The van der Waals surface area contributed by atoms with Crippen LogP contribution in [-0.4, -0.2) is 37.1 Å². The average molecular weight is 190 g/mol. The molecule has 1 fully saturated rings. The van der Waals surface area contributed by atoms with E-state index in [1.165, 1.54) is 0 Å². The Morgan fingerprint density at radius 2 is 2.14 bits per heavy atom. The summed E-state index contributed by atoms with van der Waals surface area (Å²) in [4.78, 5) is 13.6. The molecule has 3 heteroatoms. The quantitative estimate of drug-likeness (QED) is 0.660. The fourth-order valence-electron chi connectivity index (χ4n) is 1.46. The van der Waals surface area contributed by atoms with Crippen LogP contribution >= 0.6 is 0 Å². The molecular formula is C11H12NO2. The van der Waals surface area contributed by atoms with Crippen molar-refractivity contribution in [3.8, 4) is 0 Å². The number of hydrogen-bond donors (Lipinski definition) is 0. The molecule has 0 atom stereocenters. The smallest absolute Gasteiger partial charge is 0.254 e. The summed E-state index contributed by atoms with van der Waals surface area (Å²) >= 11 is 0. The minimum Gasteiger partial charge on any atom is -0.378 e. The molecule has 3 nitrogen and oxygen atoms in total. The van der Waals surface area contributed by atoms with Gasteiger partial charge in [0.2, 0.25) is 0 Å².